The minimum Gasteiger partial charge on any atom is -0.465 e. The maximum atomic E-state index is 11.6. The predicted molar refractivity (Wildman–Crippen MR) is 69.9 cm³/mol. The van der Waals surface area contributed by atoms with Gasteiger partial charge in [-0.1, -0.05) is 23.2 Å². The van der Waals surface area contributed by atoms with Gasteiger partial charge in [-0.3, -0.25) is 4.79 Å². The lowest BCUT2D eigenvalue weighted by molar-refractivity contribution is -0.133. The van der Waals surface area contributed by atoms with Gasteiger partial charge in [0, 0.05) is 24.1 Å². The topological polar surface area (TPSA) is 53.3 Å². The first kappa shape index (κ1) is 14.6. The highest BCUT2D eigenvalue weighted by Crippen LogP contribution is 2.29. The molecule has 96 valence electrons. The van der Waals surface area contributed by atoms with Crippen LogP contribution in [0.1, 0.15) is 5.56 Å². The molecule has 0 N–H and O–H groups in total. The molecule has 1 rings (SSSR count). The Balaban J connectivity index is 2.97. The van der Waals surface area contributed by atoms with E-state index in [0.29, 0.717) is 10.0 Å². The quantitative estimate of drug-likeness (QED) is 0.858. The number of rotatable bonds is 3. The predicted octanol–water partition coefficient (Wildman–Crippen LogP) is 2.66. The molecule has 0 aliphatic heterocycles. The monoisotopic (exact) mass is 286 g/mol. The van der Waals surface area contributed by atoms with Crippen LogP contribution in [0.25, 0.3) is 0 Å². The average Bonchev–Trinajstić information content (AvgIpc) is 2.31. The standard InChI is InChI=1S/C12H12Cl2N2O2/c1-7-9(13)4-8(5-10(7)14)18-11(6-15)12(17)16(2)3/h4-5,11H,1-3H3. The molecule has 1 aromatic carbocycles. The van der Waals surface area contributed by atoms with E-state index in [0.717, 1.165) is 5.56 Å². The largest absolute Gasteiger partial charge is 0.465 e. The van der Waals surface area contributed by atoms with Crippen molar-refractivity contribution in [3.63, 3.8) is 0 Å². The molecule has 18 heavy (non-hydrogen) atoms. The highest BCUT2D eigenvalue weighted by atomic mass is 35.5. The van der Waals surface area contributed by atoms with E-state index in [9.17, 15) is 4.79 Å². The second-order valence-electron chi connectivity index (χ2n) is 3.87. The summed E-state index contributed by atoms with van der Waals surface area (Å²) in [4.78, 5) is 12.9. The Bertz CT molecular complexity index is 486. The molecule has 1 atom stereocenters. The number of halogens is 2. The van der Waals surface area contributed by atoms with Gasteiger partial charge in [0.25, 0.3) is 12.0 Å². The third-order valence-electron chi connectivity index (χ3n) is 2.29. The molecule has 1 amide bonds. The number of nitrogens with zero attached hydrogens (tertiary/aromatic N) is 2. The molecule has 0 spiro atoms. The number of carbonyl (C=O) groups is 1. The van der Waals surface area contributed by atoms with Gasteiger partial charge in [-0.05, 0) is 24.6 Å². The smallest absolute Gasteiger partial charge is 0.278 e. The van der Waals surface area contributed by atoms with Gasteiger partial charge in [-0.2, -0.15) is 5.26 Å². The molecule has 4 nitrogen and oxygen atoms in total. The van der Waals surface area contributed by atoms with Crippen molar-refractivity contribution in [1.29, 1.82) is 5.26 Å². The lowest BCUT2D eigenvalue weighted by atomic mass is 10.2. The molecule has 0 bridgehead atoms. The van der Waals surface area contributed by atoms with E-state index in [-0.39, 0.29) is 5.75 Å². The Morgan fingerprint density at radius 3 is 2.28 bits per heavy atom. The summed E-state index contributed by atoms with van der Waals surface area (Å²) in [7, 11) is 3.09. The third kappa shape index (κ3) is 3.28. The number of amides is 1. The maximum absolute atomic E-state index is 11.6. The highest BCUT2D eigenvalue weighted by Gasteiger charge is 2.22. The number of carbonyl (C=O) groups excluding carboxylic acids is 1. The van der Waals surface area contributed by atoms with E-state index >= 15 is 0 Å². The van der Waals surface area contributed by atoms with Crippen LogP contribution in [0.4, 0.5) is 0 Å². The normalized spacial score (nSPS) is 11.6. The van der Waals surface area contributed by atoms with E-state index in [2.05, 4.69) is 0 Å². The zero-order chi connectivity index (χ0) is 13.9. The summed E-state index contributed by atoms with van der Waals surface area (Å²) in [6.45, 7) is 1.77. The van der Waals surface area contributed by atoms with Crippen molar-refractivity contribution in [2.45, 2.75) is 13.0 Å². The van der Waals surface area contributed by atoms with Gasteiger partial charge in [-0.25, -0.2) is 0 Å². The molecule has 0 aliphatic rings. The maximum Gasteiger partial charge on any atom is 0.278 e. The Labute approximate surface area is 116 Å². The van der Waals surface area contributed by atoms with Crippen molar-refractivity contribution >= 4 is 29.1 Å². The van der Waals surface area contributed by atoms with Gasteiger partial charge in [-0.15, -0.1) is 0 Å². The van der Waals surface area contributed by atoms with Crippen LogP contribution in [0.3, 0.4) is 0 Å². The molecule has 6 heteroatoms. The molecule has 1 unspecified atom stereocenters. The Morgan fingerprint density at radius 2 is 1.89 bits per heavy atom. The molecular weight excluding hydrogens is 275 g/mol. The van der Waals surface area contributed by atoms with Crippen molar-refractivity contribution in [2.24, 2.45) is 0 Å². The van der Waals surface area contributed by atoms with Crippen LogP contribution in [-0.4, -0.2) is 31.0 Å². The average molecular weight is 287 g/mol. The summed E-state index contributed by atoms with van der Waals surface area (Å²) in [5.74, 6) is -0.150. The minimum absolute atomic E-state index is 0.289. The second-order valence-corrected chi connectivity index (χ2v) is 4.69. The molecule has 0 fully saturated rings. The minimum atomic E-state index is -1.21. The van der Waals surface area contributed by atoms with Gasteiger partial charge < -0.3 is 9.64 Å². The van der Waals surface area contributed by atoms with Crippen LogP contribution in [0.5, 0.6) is 5.75 Å². The molecule has 0 aliphatic carbocycles. The first-order chi connectivity index (χ1) is 8.36. The molecule has 0 saturated carbocycles. The Morgan fingerprint density at radius 1 is 1.39 bits per heavy atom. The fourth-order valence-electron chi connectivity index (χ4n) is 1.19. The number of ether oxygens (including phenoxy) is 1. The van der Waals surface area contributed by atoms with Crippen molar-refractivity contribution < 1.29 is 9.53 Å². The molecule has 0 heterocycles. The fourth-order valence-corrected chi connectivity index (χ4v) is 1.66. The van der Waals surface area contributed by atoms with Gasteiger partial charge in [0.15, 0.2) is 0 Å². The lowest BCUT2D eigenvalue weighted by Crippen LogP contribution is -2.36. The van der Waals surface area contributed by atoms with Crippen LogP contribution in [0.15, 0.2) is 12.1 Å². The van der Waals surface area contributed by atoms with Crippen molar-refractivity contribution in [2.75, 3.05) is 14.1 Å². The number of likely N-dealkylation sites (N-methyl/N-ethyl adjacent to an activating group) is 1. The van der Waals surface area contributed by atoms with Gasteiger partial charge >= 0.3 is 0 Å². The Kier molecular flexibility index (Phi) is 4.83. The molecule has 0 radical (unpaired) electrons. The molecule has 0 saturated heterocycles. The van der Waals surface area contributed by atoms with Crippen LogP contribution in [-0.2, 0) is 4.79 Å². The van der Waals surface area contributed by atoms with Crippen molar-refractivity contribution in [3.05, 3.63) is 27.7 Å². The van der Waals surface area contributed by atoms with Gasteiger partial charge in [0.2, 0.25) is 0 Å². The first-order valence-electron chi connectivity index (χ1n) is 5.10. The molecular formula is C12H12Cl2N2O2. The summed E-state index contributed by atoms with van der Waals surface area (Å²) < 4.78 is 5.28. The van der Waals surface area contributed by atoms with E-state index in [4.69, 9.17) is 33.2 Å². The zero-order valence-electron chi connectivity index (χ0n) is 10.2. The lowest BCUT2D eigenvalue weighted by Gasteiger charge is -2.17. The zero-order valence-corrected chi connectivity index (χ0v) is 11.7. The van der Waals surface area contributed by atoms with E-state index < -0.39 is 12.0 Å². The summed E-state index contributed by atoms with van der Waals surface area (Å²) in [6, 6.07) is 4.83. The molecule has 0 aromatic heterocycles. The number of benzene rings is 1. The number of hydrogen-bond acceptors (Lipinski definition) is 3. The first-order valence-corrected chi connectivity index (χ1v) is 5.85. The fraction of sp³-hybridized carbons (Fsp3) is 0.333. The van der Waals surface area contributed by atoms with Gasteiger partial charge in [0.05, 0.1) is 0 Å². The third-order valence-corrected chi connectivity index (χ3v) is 3.08. The SMILES string of the molecule is Cc1c(Cl)cc(OC(C#N)C(=O)N(C)C)cc1Cl. The van der Waals surface area contributed by atoms with E-state index in [1.54, 1.807) is 27.1 Å². The van der Waals surface area contributed by atoms with Crippen LogP contribution in [0, 0.1) is 18.3 Å². The van der Waals surface area contributed by atoms with Crippen molar-refractivity contribution in [3.8, 4) is 11.8 Å². The summed E-state index contributed by atoms with van der Waals surface area (Å²) in [5, 5.41) is 9.76. The number of nitriles is 1. The van der Waals surface area contributed by atoms with E-state index in [1.165, 1.54) is 17.0 Å². The summed E-state index contributed by atoms with van der Waals surface area (Å²) >= 11 is 11.9. The molecule has 1 aromatic rings. The van der Waals surface area contributed by atoms with Gasteiger partial charge in [0.1, 0.15) is 11.8 Å². The second kappa shape index (κ2) is 5.94. The number of hydrogen-bond donors (Lipinski definition) is 0. The van der Waals surface area contributed by atoms with Crippen LogP contribution >= 0.6 is 23.2 Å². The van der Waals surface area contributed by atoms with Crippen LogP contribution in [0.2, 0.25) is 10.0 Å². The van der Waals surface area contributed by atoms with E-state index in [1.807, 2.05) is 0 Å². The van der Waals surface area contributed by atoms with Crippen molar-refractivity contribution in [1.82, 2.24) is 4.90 Å². The summed E-state index contributed by atoms with van der Waals surface area (Å²) in [6.07, 6.45) is -1.21. The Hall–Kier alpha value is -1.44. The summed E-state index contributed by atoms with van der Waals surface area (Å²) in [5.41, 5.74) is 0.720. The van der Waals surface area contributed by atoms with Crippen LogP contribution < -0.4 is 4.74 Å². The highest BCUT2D eigenvalue weighted by molar-refractivity contribution is 6.36.